The Labute approximate surface area is 185 Å². The number of fused-ring (bicyclic) bond motifs is 1. The molecule has 1 aromatic carbocycles. The predicted octanol–water partition coefficient (Wildman–Crippen LogP) is 2.78. The number of amides is 2. The molecule has 4 rings (SSSR count). The van der Waals surface area contributed by atoms with E-state index in [-0.39, 0.29) is 22.7 Å². The molecule has 162 valence electrons. The number of benzene rings is 1. The van der Waals surface area contributed by atoms with E-state index >= 15 is 0 Å². The molecule has 1 saturated heterocycles. The molecule has 1 fully saturated rings. The zero-order valence-electron chi connectivity index (χ0n) is 17.5. The fourth-order valence-electron chi connectivity index (χ4n) is 4.24. The van der Waals surface area contributed by atoms with Crippen molar-refractivity contribution < 1.29 is 14.4 Å². The van der Waals surface area contributed by atoms with Crippen molar-refractivity contribution in [2.75, 3.05) is 26.2 Å². The number of H-pyrrole nitrogens is 1. The highest BCUT2D eigenvalue weighted by Gasteiger charge is 2.34. The number of piperazine rings is 1. The van der Waals surface area contributed by atoms with Crippen LogP contribution in [0.4, 0.5) is 0 Å². The summed E-state index contributed by atoms with van der Waals surface area (Å²) in [5.74, 6) is -0.598. The Morgan fingerprint density at radius 3 is 2.13 bits per heavy atom. The van der Waals surface area contributed by atoms with Crippen LogP contribution in [0.5, 0.6) is 0 Å². The maximum Gasteiger partial charge on any atom is 0.261 e. The van der Waals surface area contributed by atoms with E-state index in [0.29, 0.717) is 60.9 Å². The number of carbonyl (C=O) groups is 3. The van der Waals surface area contributed by atoms with Crippen LogP contribution in [0.1, 0.15) is 57.0 Å². The predicted molar refractivity (Wildman–Crippen MR) is 117 cm³/mol. The Hall–Kier alpha value is -2.93. The van der Waals surface area contributed by atoms with Crippen LogP contribution in [0.15, 0.2) is 35.1 Å². The largest absolute Gasteiger partial charge is 0.335 e. The van der Waals surface area contributed by atoms with E-state index in [4.69, 9.17) is 11.6 Å². The van der Waals surface area contributed by atoms with Gasteiger partial charge in [0.15, 0.2) is 5.78 Å². The van der Waals surface area contributed by atoms with Gasteiger partial charge in [-0.3, -0.25) is 19.2 Å². The number of aromatic amines is 1. The first kappa shape index (κ1) is 21.3. The van der Waals surface area contributed by atoms with Gasteiger partial charge in [0.1, 0.15) is 5.56 Å². The molecule has 2 aliphatic rings. The van der Waals surface area contributed by atoms with Crippen molar-refractivity contribution in [3.63, 3.8) is 0 Å². The maximum atomic E-state index is 13.0. The average molecular weight is 442 g/mol. The van der Waals surface area contributed by atoms with Crippen molar-refractivity contribution in [3.8, 4) is 0 Å². The van der Waals surface area contributed by atoms with E-state index in [2.05, 4.69) is 4.98 Å². The van der Waals surface area contributed by atoms with Crippen LogP contribution in [0.3, 0.4) is 0 Å². The van der Waals surface area contributed by atoms with Crippen LogP contribution in [0.2, 0.25) is 5.02 Å². The molecule has 0 atom stereocenters. The van der Waals surface area contributed by atoms with E-state index < -0.39 is 11.5 Å². The summed E-state index contributed by atoms with van der Waals surface area (Å²) < 4.78 is 0. The Morgan fingerprint density at radius 2 is 1.52 bits per heavy atom. The number of carbonyl (C=O) groups excluding carboxylic acids is 3. The average Bonchev–Trinajstić information content (AvgIpc) is 2.72. The number of hydrogen-bond donors (Lipinski definition) is 1. The summed E-state index contributed by atoms with van der Waals surface area (Å²) in [6.07, 6.45) is 0.967. The fourth-order valence-corrected chi connectivity index (χ4v) is 4.37. The number of pyridine rings is 1. The Morgan fingerprint density at radius 1 is 0.935 bits per heavy atom. The number of halogens is 1. The van der Waals surface area contributed by atoms with Crippen molar-refractivity contribution in [2.45, 2.75) is 26.7 Å². The van der Waals surface area contributed by atoms with Crippen LogP contribution in [-0.4, -0.2) is 58.6 Å². The summed E-state index contributed by atoms with van der Waals surface area (Å²) in [5, 5.41) is 0.560. The number of aromatic nitrogens is 1. The van der Waals surface area contributed by atoms with Gasteiger partial charge in [-0.05, 0) is 42.2 Å². The third kappa shape index (κ3) is 4.28. The Bertz CT molecular complexity index is 1110. The minimum absolute atomic E-state index is 0.0238. The lowest BCUT2D eigenvalue weighted by molar-refractivity contribution is 0.0534. The van der Waals surface area contributed by atoms with Gasteiger partial charge in [-0.15, -0.1) is 0 Å². The molecule has 2 aromatic rings. The first-order valence-corrected chi connectivity index (χ1v) is 10.7. The number of rotatable bonds is 2. The Balaban J connectivity index is 1.47. The second-order valence-electron chi connectivity index (χ2n) is 8.94. The summed E-state index contributed by atoms with van der Waals surface area (Å²) in [6, 6.07) is 8.12. The van der Waals surface area contributed by atoms with Gasteiger partial charge >= 0.3 is 0 Å². The van der Waals surface area contributed by atoms with Gasteiger partial charge in [0.2, 0.25) is 0 Å². The molecule has 0 bridgehead atoms. The third-order valence-electron chi connectivity index (χ3n) is 5.89. The van der Waals surface area contributed by atoms with Crippen molar-refractivity contribution in [3.05, 3.63) is 68.1 Å². The van der Waals surface area contributed by atoms with Crippen LogP contribution >= 0.6 is 11.6 Å². The van der Waals surface area contributed by atoms with Crippen LogP contribution in [0, 0.1) is 5.41 Å². The topological polar surface area (TPSA) is 90.6 Å². The Kier molecular flexibility index (Phi) is 5.47. The molecule has 2 heterocycles. The molecule has 0 radical (unpaired) electrons. The molecule has 0 spiro atoms. The summed E-state index contributed by atoms with van der Waals surface area (Å²) in [5.41, 5.74) is 0.848. The molecule has 31 heavy (non-hydrogen) atoms. The van der Waals surface area contributed by atoms with E-state index in [1.54, 1.807) is 34.1 Å². The van der Waals surface area contributed by atoms with E-state index in [1.807, 2.05) is 13.8 Å². The smallest absolute Gasteiger partial charge is 0.261 e. The van der Waals surface area contributed by atoms with Crippen LogP contribution in [0.25, 0.3) is 0 Å². The van der Waals surface area contributed by atoms with Gasteiger partial charge in [-0.25, -0.2) is 0 Å². The number of nitrogens with one attached hydrogen (secondary N) is 1. The molecule has 1 aliphatic carbocycles. The van der Waals surface area contributed by atoms with Crippen molar-refractivity contribution in [2.24, 2.45) is 5.41 Å². The molecular weight excluding hydrogens is 418 g/mol. The lowest BCUT2D eigenvalue weighted by atomic mass is 9.75. The number of nitrogens with zero attached hydrogens (tertiary/aromatic N) is 2. The fraction of sp³-hybridized carbons (Fsp3) is 0.391. The van der Waals surface area contributed by atoms with Gasteiger partial charge in [-0.2, -0.15) is 0 Å². The minimum atomic E-state index is -0.478. The van der Waals surface area contributed by atoms with E-state index in [1.165, 1.54) is 6.07 Å². The lowest BCUT2D eigenvalue weighted by Crippen LogP contribution is -2.51. The molecule has 8 heteroatoms. The second kappa shape index (κ2) is 7.96. The summed E-state index contributed by atoms with van der Waals surface area (Å²) in [7, 11) is 0. The van der Waals surface area contributed by atoms with Gasteiger partial charge in [-0.1, -0.05) is 25.4 Å². The van der Waals surface area contributed by atoms with Crippen LogP contribution < -0.4 is 5.56 Å². The molecule has 0 saturated carbocycles. The van der Waals surface area contributed by atoms with Gasteiger partial charge in [0.25, 0.3) is 17.4 Å². The number of ketones is 1. The van der Waals surface area contributed by atoms with Gasteiger partial charge < -0.3 is 14.8 Å². The van der Waals surface area contributed by atoms with Gasteiger partial charge in [0.05, 0.1) is 0 Å². The molecule has 1 aromatic heterocycles. The highest BCUT2D eigenvalue weighted by atomic mass is 35.5. The maximum absolute atomic E-state index is 13.0. The SMILES string of the molecule is CC1(C)CC(=O)c2cc(C(=O)N3CCN(C(=O)c4ccc(Cl)cc4)CC3)c(=O)[nH]c2C1. The quantitative estimate of drug-likeness (QED) is 0.775. The van der Waals surface area contributed by atoms with Gasteiger partial charge in [0, 0.05) is 54.4 Å². The monoisotopic (exact) mass is 441 g/mol. The lowest BCUT2D eigenvalue weighted by Gasteiger charge is -2.35. The molecule has 1 N–H and O–H groups in total. The zero-order chi connectivity index (χ0) is 22.3. The molecule has 7 nitrogen and oxygen atoms in total. The highest BCUT2D eigenvalue weighted by molar-refractivity contribution is 6.30. The van der Waals surface area contributed by atoms with Crippen molar-refractivity contribution in [1.82, 2.24) is 14.8 Å². The number of Topliss-reactive ketones (excluding diaryl/α,β-unsaturated/α-hetero) is 1. The van der Waals surface area contributed by atoms with Crippen molar-refractivity contribution >= 4 is 29.2 Å². The second-order valence-corrected chi connectivity index (χ2v) is 9.37. The third-order valence-corrected chi connectivity index (χ3v) is 6.15. The number of hydrogen-bond acceptors (Lipinski definition) is 4. The zero-order valence-corrected chi connectivity index (χ0v) is 18.3. The molecular formula is C23H24ClN3O4. The normalized spacial score (nSPS) is 18.0. The van der Waals surface area contributed by atoms with E-state index in [9.17, 15) is 19.2 Å². The molecule has 0 unspecified atom stereocenters. The standard InChI is InChI=1S/C23H24ClN3O4/c1-23(2)12-18-16(19(28)13-23)11-17(20(29)25-18)22(31)27-9-7-26(8-10-27)21(30)14-3-5-15(24)6-4-14/h3-6,11H,7-10,12-13H2,1-2H3,(H,25,29). The van der Waals surface area contributed by atoms with Crippen LogP contribution in [-0.2, 0) is 6.42 Å². The summed E-state index contributed by atoms with van der Waals surface area (Å²) >= 11 is 5.88. The van der Waals surface area contributed by atoms with E-state index in [0.717, 1.165) is 0 Å². The molecule has 1 aliphatic heterocycles. The minimum Gasteiger partial charge on any atom is -0.335 e. The van der Waals surface area contributed by atoms with Crippen molar-refractivity contribution in [1.29, 1.82) is 0 Å². The summed E-state index contributed by atoms with van der Waals surface area (Å²) in [4.78, 5) is 56.8. The first-order valence-electron chi connectivity index (χ1n) is 10.3. The first-order chi connectivity index (χ1) is 14.6. The highest BCUT2D eigenvalue weighted by Crippen LogP contribution is 2.33. The summed E-state index contributed by atoms with van der Waals surface area (Å²) in [6.45, 7) is 5.32. The molecule has 2 amide bonds.